The molecule has 32 heavy (non-hydrogen) atoms. The zero-order valence-corrected chi connectivity index (χ0v) is 17.6. The van der Waals surface area contributed by atoms with Crippen molar-refractivity contribution >= 4 is 23.4 Å². The molecule has 1 aromatic heterocycles. The zero-order valence-electron chi connectivity index (χ0n) is 17.6. The van der Waals surface area contributed by atoms with E-state index >= 15 is 0 Å². The van der Waals surface area contributed by atoms with Crippen molar-refractivity contribution in [3.8, 4) is 11.3 Å². The summed E-state index contributed by atoms with van der Waals surface area (Å²) in [6, 6.07) is 4.91. The second kappa shape index (κ2) is 8.12. The summed E-state index contributed by atoms with van der Waals surface area (Å²) in [4.78, 5) is 42.8. The second-order valence-corrected chi connectivity index (χ2v) is 8.13. The van der Waals surface area contributed by atoms with Crippen molar-refractivity contribution in [3.63, 3.8) is 0 Å². The Morgan fingerprint density at radius 1 is 1.25 bits per heavy atom. The highest BCUT2D eigenvalue weighted by molar-refractivity contribution is 6.05. The Kier molecular flexibility index (Phi) is 5.14. The number of carbonyl (C=O) groups excluding carboxylic acids is 3. The fourth-order valence-corrected chi connectivity index (χ4v) is 4.35. The SMILES string of the molecule is CNCC1=NC(n2cc(-c3ccc4c(c3)CN(C3CCC(=O)NC3=O)C4=O)nn2)CC=C1. The van der Waals surface area contributed by atoms with E-state index in [0.29, 0.717) is 30.8 Å². The molecule has 2 atom stereocenters. The van der Waals surface area contributed by atoms with Crippen LogP contribution < -0.4 is 10.6 Å². The lowest BCUT2D eigenvalue weighted by Crippen LogP contribution is -2.52. The lowest BCUT2D eigenvalue weighted by Gasteiger charge is -2.29. The van der Waals surface area contributed by atoms with Crippen molar-refractivity contribution in [2.75, 3.05) is 13.6 Å². The topological polar surface area (TPSA) is 122 Å². The van der Waals surface area contributed by atoms with Crippen LogP contribution in [0.4, 0.5) is 0 Å². The maximum atomic E-state index is 12.9. The molecule has 0 radical (unpaired) electrons. The quantitative estimate of drug-likeness (QED) is 0.674. The van der Waals surface area contributed by atoms with E-state index in [1.807, 2.05) is 31.5 Å². The zero-order chi connectivity index (χ0) is 22.2. The van der Waals surface area contributed by atoms with Gasteiger partial charge in [0.05, 0.1) is 11.9 Å². The Bertz CT molecular complexity index is 1170. The highest BCUT2D eigenvalue weighted by atomic mass is 16.2. The molecule has 2 aromatic rings. The summed E-state index contributed by atoms with van der Waals surface area (Å²) in [7, 11) is 1.88. The number of benzene rings is 1. The molecule has 164 valence electrons. The first-order valence-electron chi connectivity index (χ1n) is 10.6. The monoisotopic (exact) mass is 433 g/mol. The van der Waals surface area contributed by atoms with E-state index in [0.717, 1.165) is 23.3 Å². The van der Waals surface area contributed by atoms with E-state index in [9.17, 15) is 14.4 Å². The van der Waals surface area contributed by atoms with Gasteiger partial charge < -0.3 is 10.2 Å². The fraction of sp³-hybridized carbons (Fsp3) is 0.364. The maximum Gasteiger partial charge on any atom is 0.255 e. The molecule has 3 aliphatic rings. The molecule has 3 aliphatic heterocycles. The third-order valence-corrected chi connectivity index (χ3v) is 5.96. The first-order chi connectivity index (χ1) is 15.5. The highest BCUT2D eigenvalue weighted by Gasteiger charge is 2.39. The van der Waals surface area contributed by atoms with Gasteiger partial charge >= 0.3 is 0 Å². The molecule has 3 amide bonds. The standard InChI is InChI=1S/C22H23N7O3/c1-23-10-15-3-2-4-19(24-15)29-12-17(26-27-29)13-5-6-16-14(9-13)11-28(22(16)32)18-7-8-20(30)25-21(18)31/h2-3,5-6,9,12,18-19,23H,4,7-8,10-11H2,1H3,(H,25,30,31). The van der Waals surface area contributed by atoms with E-state index < -0.39 is 11.9 Å². The minimum absolute atomic E-state index is 0.136. The van der Waals surface area contributed by atoms with Gasteiger partial charge in [-0.1, -0.05) is 17.4 Å². The number of imide groups is 1. The molecular formula is C22H23N7O3. The Labute approximate surface area is 184 Å². The first-order valence-corrected chi connectivity index (χ1v) is 10.6. The lowest BCUT2D eigenvalue weighted by atomic mass is 10.0. The Hall–Kier alpha value is -3.66. The van der Waals surface area contributed by atoms with Gasteiger partial charge in [-0.05, 0) is 37.2 Å². The first kappa shape index (κ1) is 20.3. The number of carbonyl (C=O) groups is 3. The van der Waals surface area contributed by atoms with Crippen molar-refractivity contribution in [2.24, 2.45) is 4.99 Å². The van der Waals surface area contributed by atoms with Gasteiger partial charge in [-0.2, -0.15) is 0 Å². The largest absolute Gasteiger partial charge is 0.322 e. The third kappa shape index (κ3) is 3.62. The molecule has 2 unspecified atom stereocenters. The van der Waals surface area contributed by atoms with Gasteiger partial charge in [-0.25, -0.2) is 4.68 Å². The van der Waals surface area contributed by atoms with Crippen LogP contribution in [0.3, 0.4) is 0 Å². The summed E-state index contributed by atoms with van der Waals surface area (Å²) in [6.07, 6.45) is 7.14. The van der Waals surface area contributed by atoms with E-state index in [1.54, 1.807) is 15.6 Å². The van der Waals surface area contributed by atoms with Gasteiger partial charge in [0.2, 0.25) is 11.8 Å². The maximum absolute atomic E-state index is 12.9. The molecule has 10 heteroatoms. The average Bonchev–Trinajstić information content (AvgIpc) is 3.40. The molecule has 10 nitrogen and oxygen atoms in total. The van der Waals surface area contributed by atoms with Crippen molar-refractivity contribution in [1.82, 2.24) is 30.5 Å². The molecule has 4 heterocycles. The van der Waals surface area contributed by atoms with Gasteiger partial charge in [0.15, 0.2) is 0 Å². The van der Waals surface area contributed by atoms with Gasteiger partial charge in [-0.3, -0.25) is 24.7 Å². The lowest BCUT2D eigenvalue weighted by molar-refractivity contribution is -0.136. The van der Waals surface area contributed by atoms with E-state index in [2.05, 4.69) is 27.0 Å². The number of aromatic nitrogens is 3. The van der Waals surface area contributed by atoms with Crippen molar-refractivity contribution < 1.29 is 14.4 Å². The molecule has 2 N–H and O–H groups in total. The summed E-state index contributed by atoms with van der Waals surface area (Å²) in [5, 5.41) is 14.0. The molecule has 1 saturated heterocycles. The molecule has 0 bridgehead atoms. The second-order valence-electron chi connectivity index (χ2n) is 8.13. The van der Waals surface area contributed by atoms with Crippen LogP contribution in [0.1, 0.15) is 41.3 Å². The van der Waals surface area contributed by atoms with Crippen molar-refractivity contribution in [2.45, 2.75) is 38.0 Å². The summed E-state index contributed by atoms with van der Waals surface area (Å²) in [6.45, 7) is 1.02. The average molecular weight is 433 g/mol. The molecule has 1 aromatic carbocycles. The van der Waals surface area contributed by atoms with Crippen LogP contribution in [0.25, 0.3) is 11.3 Å². The molecule has 0 spiro atoms. The van der Waals surface area contributed by atoms with E-state index in [4.69, 9.17) is 4.99 Å². The van der Waals surface area contributed by atoms with Crippen LogP contribution in [0, 0.1) is 0 Å². The van der Waals surface area contributed by atoms with Crippen LogP contribution in [0.2, 0.25) is 0 Å². The molecule has 0 saturated carbocycles. The van der Waals surface area contributed by atoms with Crippen LogP contribution in [-0.2, 0) is 16.1 Å². The number of rotatable bonds is 5. The Morgan fingerprint density at radius 2 is 2.12 bits per heavy atom. The highest BCUT2D eigenvalue weighted by Crippen LogP contribution is 2.31. The smallest absolute Gasteiger partial charge is 0.255 e. The predicted octanol–water partition coefficient (Wildman–Crippen LogP) is 0.825. The Morgan fingerprint density at radius 3 is 2.94 bits per heavy atom. The van der Waals surface area contributed by atoms with Gasteiger partial charge in [0.25, 0.3) is 5.91 Å². The molecule has 5 rings (SSSR count). The van der Waals surface area contributed by atoms with Crippen molar-refractivity contribution in [3.05, 3.63) is 47.7 Å². The number of hydrogen-bond acceptors (Lipinski definition) is 7. The Balaban J connectivity index is 1.35. The van der Waals surface area contributed by atoms with Gasteiger partial charge in [0.1, 0.15) is 17.9 Å². The van der Waals surface area contributed by atoms with Gasteiger partial charge in [-0.15, -0.1) is 5.10 Å². The molecular weight excluding hydrogens is 410 g/mol. The van der Waals surface area contributed by atoms with E-state index in [-0.39, 0.29) is 24.4 Å². The number of nitrogens with one attached hydrogen (secondary N) is 2. The summed E-state index contributed by atoms with van der Waals surface area (Å²) in [5.74, 6) is -0.896. The number of nitrogens with zero attached hydrogens (tertiary/aromatic N) is 5. The molecule has 0 aliphatic carbocycles. The van der Waals surface area contributed by atoms with Crippen LogP contribution in [0.15, 0.2) is 41.5 Å². The van der Waals surface area contributed by atoms with Crippen LogP contribution in [-0.4, -0.2) is 63.0 Å². The van der Waals surface area contributed by atoms with Crippen LogP contribution >= 0.6 is 0 Å². The third-order valence-electron chi connectivity index (χ3n) is 5.96. The number of aliphatic imine (C=N–C) groups is 1. The minimum Gasteiger partial charge on any atom is -0.322 e. The number of hydrogen-bond donors (Lipinski definition) is 2. The fourth-order valence-electron chi connectivity index (χ4n) is 4.35. The summed E-state index contributed by atoms with van der Waals surface area (Å²) in [5.41, 5.74) is 3.91. The normalized spacial score (nSPS) is 22.7. The number of dihydropyridines is 1. The van der Waals surface area contributed by atoms with Gasteiger partial charge in [0, 0.05) is 37.1 Å². The van der Waals surface area contributed by atoms with Crippen molar-refractivity contribution in [1.29, 1.82) is 0 Å². The van der Waals surface area contributed by atoms with E-state index in [1.165, 1.54) is 0 Å². The number of fused-ring (bicyclic) bond motifs is 1. The van der Waals surface area contributed by atoms with Crippen LogP contribution in [0.5, 0.6) is 0 Å². The number of piperidine rings is 1. The summed E-state index contributed by atoms with van der Waals surface area (Å²) >= 11 is 0. The minimum atomic E-state index is -0.624. The summed E-state index contributed by atoms with van der Waals surface area (Å²) < 4.78 is 1.75. The predicted molar refractivity (Wildman–Crippen MR) is 116 cm³/mol. The number of amides is 3. The molecule has 1 fully saturated rings.